The van der Waals surface area contributed by atoms with Crippen molar-refractivity contribution in [2.45, 2.75) is 26.3 Å². The van der Waals surface area contributed by atoms with E-state index >= 15 is 0 Å². The Hall–Kier alpha value is -4.93. The average Bonchev–Trinajstić information content (AvgIpc) is 3.77. The van der Waals surface area contributed by atoms with E-state index in [4.69, 9.17) is 9.97 Å². The smallest absolute Gasteiger partial charge is 0.503 e. The summed E-state index contributed by atoms with van der Waals surface area (Å²) in [4.78, 5) is 16.3. The van der Waals surface area contributed by atoms with Gasteiger partial charge in [0.25, 0.3) is 0 Å². The molecule has 0 aliphatic carbocycles. The van der Waals surface area contributed by atoms with E-state index in [1.165, 1.54) is 5.56 Å². The van der Waals surface area contributed by atoms with Crippen molar-refractivity contribution in [2.24, 2.45) is 0 Å². The Morgan fingerprint density at radius 2 is 1.52 bits per heavy atom. The fourth-order valence-corrected chi connectivity index (χ4v) is 5.62. The van der Waals surface area contributed by atoms with Gasteiger partial charge < -0.3 is 19.3 Å². The molecule has 7 heteroatoms. The van der Waals surface area contributed by atoms with E-state index in [0.29, 0.717) is 12.5 Å². The van der Waals surface area contributed by atoms with Gasteiger partial charge in [-0.3, -0.25) is 4.98 Å². The number of benzene rings is 4. The Kier molecular flexibility index (Phi) is 9.46. The molecular weight excluding hydrogens is 748 g/mol. The molecule has 1 aliphatic rings. The van der Waals surface area contributed by atoms with E-state index in [1.807, 2.05) is 48.8 Å². The van der Waals surface area contributed by atoms with E-state index in [9.17, 15) is 0 Å². The van der Waals surface area contributed by atoms with Gasteiger partial charge >= 0.3 is 21.1 Å². The van der Waals surface area contributed by atoms with Crippen LogP contribution in [-0.2, 0) is 27.6 Å². The van der Waals surface area contributed by atoms with Crippen LogP contribution in [0.25, 0.3) is 16.9 Å². The van der Waals surface area contributed by atoms with Crippen molar-refractivity contribution in [3.8, 4) is 16.9 Å². The van der Waals surface area contributed by atoms with Crippen LogP contribution in [0.15, 0.2) is 146 Å². The number of anilines is 4. The molecule has 0 atom stereocenters. The van der Waals surface area contributed by atoms with Gasteiger partial charge in [-0.2, -0.15) is 6.67 Å². The topological polar surface area (TPSA) is 40.4 Å². The van der Waals surface area contributed by atoms with Crippen LogP contribution in [0.5, 0.6) is 0 Å². The molecule has 230 valence electrons. The summed E-state index contributed by atoms with van der Waals surface area (Å²) >= 11 is 0. The molecule has 2 aromatic heterocycles. The Labute approximate surface area is 285 Å². The van der Waals surface area contributed by atoms with Crippen LogP contribution in [0.2, 0.25) is 0 Å². The number of aromatic nitrogens is 3. The summed E-state index contributed by atoms with van der Waals surface area (Å²) in [6, 6.07) is 45.2. The minimum atomic E-state index is 0. The third kappa shape index (κ3) is 6.68. The molecule has 0 saturated heterocycles. The Morgan fingerprint density at radius 1 is 0.783 bits per heavy atom. The second-order valence-electron chi connectivity index (χ2n) is 11.3. The van der Waals surface area contributed by atoms with Gasteiger partial charge in [0.15, 0.2) is 0 Å². The molecule has 3 heterocycles. The van der Waals surface area contributed by atoms with Gasteiger partial charge in [-0.05, 0) is 78.2 Å². The fraction of sp³-hybridized carbons (Fsp3) is 0.103. The Bertz CT molecular complexity index is 1920. The first-order valence-corrected chi connectivity index (χ1v) is 15.2. The average molecular weight is 782 g/mol. The van der Waals surface area contributed by atoms with Crippen molar-refractivity contribution in [1.29, 1.82) is 0 Å². The number of hydrogen-bond donors (Lipinski definition) is 0. The summed E-state index contributed by atoms with van der Waals surface area (Å²) in [7, 11) is 0. The molecule has 0 bridgehead atoms. The summed E-state index contributed by atoms with van der Waals surface area (Å²) < 4.78 is 2.11. The Morgan fingerprint density at radius 3 is 2.33 bits per heavy atom. The summed E-state index contributed by atoms with van der Waals surface area (Å²) in [6.07, 6.45) is 8.12. The van der Waals surface area contributed by atoms with E-state index in [0.717, 1.165) is 45.5 Å². The minimum Gasteiger partial charge on any atom is -0.503 e. The maximum atomic E-state index is 5.13. The summed E-state index contributed by atoms with van der Waals surface area (Å²) in [6.45, 7) is 7.17. The zero-order valence-corrected chi connectivity index (χ0v) is 28.0. The number of pyridine rings is 1. The maximum Gasteiger partial charge on any atom is 2.00 e. The van der Waals surface area contributed by atoms with E-state index in [1.54, 1.807) is 0 Å². The molecule has 1 aliphatic heterocycles. The number of hydrogen-bond acceptors (Lipinski definition) is 5. The van der Waals surface area contributed by atoms with E-state index < -0.39 is 0 Å². The zero-order chi connectivity index (χ0) is 30.6. The third-order valence-corrected chi connectivity index (χ3v) is 7.84. The van der Waals surface area contributed by atoms with Crippen LogP contribution in [0.3, 0.4) is 0 Å². The maximum absolute atomic E-state index is 5.13. The zero-order valence-electron chi connectivity index (χ0n) is 25.7. The van der Waals surface area contributed by atoms with Crippen molar-refractivity contribution in [3.63, 3.8) is 0 Å². The Balaban J connectivity index is 0.00000372. The van der Waals surface area contributed by atoms with Crippen molar-refractivity contribution in [3.05, 3.63) is 170 Å². The third-order valence-electron chi connectivity index (χ3n) is 7.84. The van der Waals surface area contributed by atoms with E-state index in [2.05, 4.69) is 143 Å². The molecule has 7 rings (SSSR count). The monoisotopic (exact) mass is 781 g/mol. The molecule has 0 N–H and O–H groups in total. The van der Waals surface area contributed by atoms with Gasteiger partial charge in [0.2, 0.25) is 0 Å². The molecule has 0 unspecified atom stereocenters. The van der Waals surface area contributed by atoms with Gasteiger partial charge in [0, 0.05) is 29.3 Å². The van der Waals surface area contributed by atoms with Gasteiger partial charge in [-0.25, -0.2) is 4.98 Å². The van der Waals surface area contributed by atoms with E-state index in [-0.39, 0.29) is 21.1 Å². The summed E-state index contributed by atoms with van der Waals surface area (Å²) in [5, 5.41) is 0. The summed E-state index contributed by atoms with van der Waals surface area (Å²) in [5.41, 5.74) is 8.20. The number of imidazole rings is 1. The minimum absolute atomic E-state index is 0. The first kappa shape index (κ1) is 31.1. The molecule has 0 fully saturated rings. The van der Waals surface area contributed by atoms with Crippen LogP contribution >= 0.6 is 0 Å². The molecule has 0 amide bonds. The number of rotatable bonds is 9. The second kappa shape index (κ2) is 14.0. The molecule has 0 radical (unpaired) electrons. The van der Waals surface area contributed by atoms with Crippen molar-refractivity contribution < 1.29 is 21.1 Å². The number of nitrogens with zero attached hydrogens (tertiary/aromatic N) is 6. The molecule has 4 aromatic carbocycles. The fourth-order valence-electron chi connectivity index (χ4n) is 5.62. The quantitative estimate of drug-likeness (QED) is 0.137. The predicted octanol–water partition coefficient (Wildman–Crippen LogP) is 9.24. The molecule has 0 saturated carbocycles. The predicted molar refractivity (Wildman–Crippen MR) is 182 cm³/mol. The molecule has 46 heavy (non-hydrogen) atoms. The van der Waals surface area contributed by atoms with Crippen molar-refractivity contribution >= 4 is 22.9 Å². The van der Waals surface area contributed by atoms with Gasteiger partial charge in [0.05, 0.1) is 12.0 Å². The second-order valence-corrected chi connectivity index (χ2v) is 11.3. The van der Waals surface area contributed by atoms with Gasteiger partial charge in [0.1, 0.15) is 5.82 Å². The van der Waals surface area contributed by atoms with Crippen molar-refractivity contribution in [2.75, 3.05) is 9.80 Å². The molecule has 6 nitrogen and oxygen atoms in total. The summed E-state index contributed by atoms with van der Waals surface area (Å²) in [5.74, 6) is 1.23. The first-order chi connectivity index (χ1) is 22.1. The first-order valence-electron chi connectivity index (χ1n) is 15.2. The van der Waals surface area contributed by atoms with Crippen LogP contribution < -0.4 is 9.80 Å². The van der Waals surface area contributed by atoms with Crippen LogP contribution in [0.1, 0.15) is 31.0 Å². The normalized spacial score (nSPS) is 12.4. The van der Waals surface area contributed by atoms with Crippen LogP contribution in [-0.4, -0.2) is 19.4 Å². The standard InChI is InChI=1S/C39H34N6.Pt/c1-30(2)36-20-9-10-21-38(36)44-27-37(40-28-44)31-13-11-19-35(25-31)45(34-17-7-4-8-18-34)39-22-12-14-32(41-39)26-42-23-24-43(29-42)33-15-5-3-6-16-33;/h3-24,27-30H,26H2,1-2H3;/q-2;+2. The molecule has 0 spiro atoms. The SMILES string of the molecule is CC(C)c1ccccc1-n1cnc(-c2[c-]c(N(c3ccccc3)c3cccc(CN4C=CN(c5ccccc5)[CH-]4)n3)ccc2)c1.[Pt+2]. The van der Waals surface area contributed by atoms with Gasteiger partial charge in [-0.1, -0.05) is 74.5 Å². The number of para-hydroxylation sites is 3. The molecular formula is C39H34N6Pt. The van der Waals surface area contributed by atoms with Gasteiger partial charge in [-0.15, -0.1) is 29.8 Å². The van der Waals surface area contributed by atoms with Crippen molar-refractivity contribution in [1.82, 2.24) is 19.4 Å². The van der Waals surface area contributed by atoms with Crippen LogP contribution in [0, 0.1) is 12.7 Å². The molecule has 6 aromatic rings. The van der Waals surface area contributed by atoms with Crippen LogP contribution in [0.4, 0.5) is 22.9 Å². The largest absolute Gasteiger partial charge is 2.00 e.